The molecule has 0 aliphatic carbocycles. The van der Waals surface area contributed by atoms with E-state index in [1.165, 1.54) is 5.56 Å². The molecule has 1 saturated heterocycles. The molecule has 0 radical (unpaired) electrons. The van der Waals surface area contributed by atoms with Crippen LogP contribution in [0.2, 0.25) is 0 Å². The summed E-state index contributed by atoms with van der Waals surface area (Å²) in [6.07, 6.45) is 2.23. The number of nitrogens with one attached hydrogen (secondary N) is 1. The largest absolute Gasteiger partial charge is 0.486 e. The van der Waals surface area contributed by atoms with Crippen LogP contribution in [0.25, 0.3) is 0 Å². The molecule has 112 valence electrons. The van der Waals surface area contributed by atoms with E-state index in [2.05, 4.69) is 50.4 Å². The SMILES string of the molecule is CCC(C)(C)c1ccc(OC2COCCC2NC)cc1. The van der Waals surface area contributed by atoms with Crippen LogP contribution in [0.1, 0.15) is 39.2 Å². The average Bonchev–Trinajstić information content (AvgIpc) is 2.48. The highest BCUT2D eigenvalue weighted by Gasteiger charge is 2.26. The Bertz CT molecular complexity index is 414. The molecule has 0 spiro atoms. The molecule has 2 unspecified atom stereocenters. The zero-order valence-electron chi connectivity index (χ0n) is 13.1. The first-order chi connectivity index (χ1) is 9.56. The molecular formula is C17H27NO2. The quantitative estimate of drug-likeness (QED) is 0.897. The minimum Gasteiger partial charge on any atom is -0.486 e. The van der Waals surface area contributed by atoms with E-state index in [0.29, 0.717) is 12.6 Å². The van der Waals surface area contributed by atoms with Gasteiger partial charge in [-0.15, -0.1) is 0 Å². The predicted octanol–water partition coefficient (Wildman–Crippen LogP) is 3.13. The fourth-order valence-electron chi connectivity index (χ4n) is 2.52. The number of likely N-dealkylation sites (N-methyl/N-ethyl adjacent to an activating group) is 1. The molecule has 0 bridgehead atoms. The van der Waals surface area contributed by atoms with Crippen LogP contribution in [0.15, 0.2) is 24.3 Å². The summed E-state index contributed by atoms with van der Waals surface area (Å²) in [7, 11) is 1.99. The molecule has 2 rings (SSSR count). The van der Waals surface area contributed by atoms with E-state index in [4.69, 9.17) is 9.47 Å². The lowest BCUT2D eigenvalue weighted by molar-refractivity contribution is -0.0129. The van der Waals surface area contributed by atoms with Gasteiger partial charge in [-0.3, -0.25) is 0 Å². The van der Waals surface area contributed by atoms with Gasteiger partial charge in [-0.05, 0) is 43.0 Å². The Labute approximate surface area is 122 Å². The lowest BCUT2D eigenvalue weighted by Crippen LogP contribution is -2.48. The fraction of sp³-hybridized carbons (Fsp3) is 0.647. The number of hydrogen-bond donors (Lipinski definition) is 1. The summed E-state index contributed by atoms with van der Waals surface area (Å²) in [4.78, 5) is 0. The van der Waals surface area contributed by atoms with E-state index in [1.54, 1.807) is 0 Å². The molecule has 0 aromatic heterocycles. The van der Waals surface area contributed by atoms with Crippen molar-refractivity contribution in [1.82, 2.24) is 5.32 Å². The lowest BCUT2D eigenvalue weighted by Gasteiger charge is -2.31. The van der Waals surface area contributed by atoms with Crippen molar-refractivity contribution >= 4 is 0 Å². The van der Waals surface area contributed by atoms with Crippen LogP contribution in [-0.4, -0.2) is 32.4 Å². The summed E-state index contributed by atoms with van der Waals surface area (Å²) in [6.45, 7) is 8.24. The number of hydrogen-bond acceptors (Lipinski definition) is 3. The first-order valence-corrected chi connectivity index (χ1v) is 7.59. The van der Waals surface area contributed by atoms with Gasteiger partial charge in [0.05, 0.1) is 6.61 Å². The van der Waals surface area contributed by atoms with Crippen molar-refractivity contribution in [3.8, 4) is 5.75 Å². The second kappa shape index (κ2) is 6.59. The molecule has 1 N–H and O–H groups in total. The summed E-state index contributed by atoms with van der Waals surface area (Å²) < 4.78 is 11.6. The number of ether oxygens (including phenoxy) is 2. The molecule has 1 aromatic rings. The summed E-state index contributed by atoms with van der Waals surface area (Å²) in [5.74, 6) is 0.927. The van der Waals surface area contributed by atoms with Crippen molar-refractivity contribution in [3.63, 3.8) is 0 Å². The first-order valence-electron chi connectivity index (χ1n) is 7.59. The standard InChI is InChI=1S/C17H27NO2/c1-5-17(2,3)13-6-8-14(9-7-13)20-16-12-19-11-10-15(16)18-4/h6-9,15-16,18H,5,10-12H2,1-4H3. The molecule has 3 heteroatoms. The van der Waals surface area contributed by atoms with Crippen molar-refractivity contribution in [2.45, 2.75) is 51.2 Å². The zero-order chi connectivity index (χ0) is 14.6. The predicted molar refractivity (Wildman–Crippen MR) is 82.5 cm³/mol. The Morgan fingerprint density at radius 2 is 2.00 bits per heavy atom. The highest BCUT2D eigenvalue weighted by atomic mass is 16.5. The molecule has 1 aromatic carbocycles. The van der Waals surface area contributed by atoms with E-state index in [1.807, 2.05) is 7.05 Å². The molecule has 3 nitrogen and oxygen atoms in total. The Kier molecular flexibility index (Phi) is 5.06. The van der Waals surface area contributed by atoms with Crippen LogP contribution in [0, 0.1) is 0 Å². The molecule has 1 aliphatic heterocycles. The maximum absolute atomic E-state index is 6.07. The normalized spacial score (nSPS) is 23.6. The molecule has 1 fully saturated rings. The molecule has 0 saturated carbocycles. The Morgan fingerprint density at radius 3 is 2.60 bits per heavy atom. The van der Waals surface area contributed by atoms with Crippen molar-refractivity contribution < 1.29 is 9.47 Å². The summed E-state index contributed by atoms with van der Waals surface area (Å²) in [5, 5.41) is 3.31. The first kappa shape index (κ1) is 15.3. The van der Waals surface area contributed by atoms with Gasteiger partial charge in [-0.2, -0.15) is 0 Å². The van der Waals surface area contributed by atoms with E-state index < -0.39 is 0 Å². The maximum Gasteiger partial charge on any atom is 0.137 e. The second-order valence-electron chi connectivity index (χ2n) is 6.18. The second-order valence-corrected chi connectivity index (χ2v) is 6.18. The highest BCUT2D eigenvalue weighted by Crippen LogP contribution is 2.28. The van der Waals surface area contributed by atoms with Crippen LogP contribution in [0.4, 0.5) is 0 Å². The van der Waals surface area contributed by atoms with Gasteiger partial charge >= 0.3 is 0 Å². The minimum atomic E-state index is 0.0961. The molecule has 1 aliphatic rings. The molecule has 0 amide bonds. The summed E-state index contributed by atoms with van der Waals surface area (Å²) >= 11 is 0. The maximum atomic E-state index is 6.07. The van der Waals surface area contributed by atoms with Gasteiger partial charge in [0.25, 0.3) is 0 Å². The van der Waals surface area contributed by atoms with Crippen LogP contribution >= 0.6 is 0 Å². The van der Waals surface area contributed by atoms with Gasteiger partial charge in [0.15, 0.2) is 0 Å². The van der Waals surface area contributed by atoms with Gasteiger partial charge < -0.3 is 14.8 Å². The minimum absolute atomic E-state index is 0.0961. The number of rotatable bonds is 5. The van der Waals surface area contributed by atoms with Crippen LogP contribution in [0.3, 0.4) is 0 Å². The molecule has 2 atom stereocenters. The van der Waals surface area contributed by atoms with E-state index in [0.717, 1.165) is 25.2 Å². The topological polar surface area (TPSA) is 30.5 Å². The monoisotopic (exact) mass is 277 g/mol. The van der Waals surface area contributed by atoms with Crippen LogP contribution in [0.5, 0.6) is 5.75 Å². The van der Waals surface area contributed by atoms with Crippen LogP contribution < -0.4 is 10.1 Å². The summed E-state index contributed by atoms with van der Waals surface area (Å²) in [5.41, 5.74) is 1.58. The van der Waals surface area contributed by atoms with Gasteiger partial charge in [0, 0.05) is 12.6 Å². The van der Waals surface area contributed by atoms with Gasteiger partial charge in [0.1, 0.15) is 11.9 Å². The summed E-state index contributed by atoms with van der Waals surface area (Å²) in [6, 6.07) is 8.88. The van der Waals surface area contributed by atoms with Crippen LogP contribution in [-0.2, 0) is 10.2 Å². The molecule has 1 heterocycles. The zero-order valence-corrected chi connectivity index (χ0v) is 13.1. The van der Waals surface area contributed by atoms with Crippen molar-refractivity contribution in [3.05, 3.63) is 29.8 Å². The van der Waals surface area contributed by atoms with Gasteiger partial charge in [-0.25, -0.2) is 0 Å². The lowest BCUT2D eigenvalue weighted by atomic mass is 9.82. The third-order valence-electron chi connectivity index (χ3n) is 4.48. The van der Waals surface area contributed by atoms with Crippen molar-refractivity contribution in [2.75, 3.05) is 20.3 Å². The Morgan fingerprint density at radius 1 is 1.30 bits per heavy atom. The van der Waals surface area contributed by atoms with E-state index in [9.17, 15) is 0 Å². The average molecular weight is 277 g/mol. The Balaban J connectivity index is 2.03. The van der Waals surface area contributed by atoms with E-state index >= 15 is 0 Å². The fourth-order valence-corrected chi connectivity index (χ4v) is 2.52. The molecular weight excluding hydrogens is 250 g/mol. The molecule has 20 heavy (non-hydrogen) atoms. The number of benzene rings is 1. The van der Waals surface area contributed by atoms with E-state index in [-0.39, 0.29) is 11.5 Å². The van der Waals surface area contributed by atoms with Gasteiger partial charge in [-0.1, -0.05) is 32.9 Å². The third-order valence-corrected chi connectivity index (χ3v) is 4.48. The Hall–Kier alpha value is -1.06. The van der Waals surface area contributed by atoms with Crippen molar-refractivity contribution in [2.24, 2.45) is 0 Å². The van der Waals surface area contributed by atoms with Crippen molar-refractivity contribution in [1.29, 1.82) is 0 Å². The third kappa shape index (κ3) is 3.53. The van der Waals surface area contributed by atoms with Gasteiger partial charge in [0.2, 0.25) is 0 Å². The highest BCUT2D eigenvalue weighted by molar-refractivity contribution is 5.31. The smallest absolute Gasteiger partial charge is 0.137 e.